The Morgan fingerprint density at radius 2 is 2.06 bits per heavy atom. The van der Waals surface area contributed by atoms with Crippen LogP contribution in [-0.2, 0) is 9.53 Å². The van der Waals surface area contributed by atoms with Crippen LogP contribution >= 0.6 is 0 Å². The molecule has 1 rings (SSSR count). The van der Waals surface area contributed by atoms with E-state index < -0.39 is 12.1 Å². The third-order valence-corrected chi connectivity index (χ3v) is 1.93. The fourth-order valence-corrected chi connectivity index (χ4v) is 1.26. The highest BCUT2D eigenvalue weighted by atomic mass is 19.1. The van der Waals surface area contributed by atoms with Gasteiger partial charge in [-0.1, -0.05) is 12.1 Å². The summed E-state index contributed by atoms with van der Waals surface area (Å²) in [5, 5.41) is 0. The van der Waals surface area contributed by atoms with Gasteiger partial charge >= 0.3 is 5.97 Å². The molecule has 16 heavy (non-hydrogen) atoms. The van der Waals surface area contributed by atoms with Gasteiger partial charge in [-0.05, 0) is 26.0 Å². The van der Waals surface area contributed by atoms with E-state index in [1.165, 1.54) is 12.1 Å². The van der Waals surface area contributed by atoms with Crippen LogP contribution in [0.25, 0.3) is 0 Å². The van der Waals surface area contributed by atoms with Gasteiger partial charge in [0.25, 0.3) is 0 Å². The second kappa shape index (κ2) is 5.49. The molecule has 1 aromatic rings. The fraction of sp³-hybridized carbons (Fsp3) is 0.417. The standard InChI is InChI=1S/C12H15FO3/c1-8(2)16-10-6-4-5-9(7-10)11(13)12(14)15-3/h4-8,11H,1-3H3. The van der Waals surface area contributed by atoms with E-state index in [4.69, 9.17) is 4.74 Å². The first-order chi connectivity index (χ1) is 7.54. The first-order valence-electron chi connectivity index (χ1n) is 5.03. The number of ether oxygens (including phenoxy) is 2. The van der Waals surface area contributed by atoms with E-state index in [0.717, 1.165) is 7.11 Å². The second-order valence-corrected chi connectivity index (χ2v) is 3.62. The molecule has 0 heterocycles. The van der Waals surface area contributed by atoms with Gasteiger partial charge in [0.1, 0.15) is 5.75 Å². The molecule has 4 heteroatoms. The lowest BCUT2D eigenvalue weighted by Crippen LogP contribution is -2.10. The minimum Gasteiger partial charge on any atom is -0.491 e. The lowest BCUT2D eigenvalue weighted by molar-refractivity contribution is -0.146. The summed E-state index contributed by atoms with van der Waals surface area (Å²) in [5.74, 6) is -0.360. The average Bonchev–Trinajstić information content (AvgIpc) is 2.26. The largest absolute Gasteiger partial charge is 0.491 e. The van der Waals surface area contributed by atoms with E-state index in [1.807, 2.05) is 13.8 Å². The third kappa shape index (κ3) is 3.22. The smallest absolute Gasteiger partial charge is 0.345 e. The lowest BCUT2D eigenvalue weighted by atomic mass is 10.1. The summed E-state index contributed by atoms with van der Waals surface area (Å²) in [6.07, 6.45) is -1.76. The molecule has 0 fully saturated rings. The van der Waals surface area contributed by atoms with Gasteiger partial charge in [-0.3, -0.25) is 0 Å². The Morgan fingerprint density at radius 1 is 1.38 bits per heavy atom. The van der Waals surface area contributed by atoms with E-state index in [9.17, 15) is 9.18 Å². The molecule has 0 bridgehead atoms. The zero-order valence-electron chi connectivity index (χ0n) is 9.57. The molecule has 0 aliphatic rings. The summed E-state index contributed by atoms with van der Waals surface area (Å²) in [5.41, 5.74) is 0.241. The predicted octanol–water partition coefficient (Wildman–Crippen LogP) is 2.66. The number of hydrogen-bond acceptors (Lipinski definition) is 3. The summed E-state index contributed by atoms with van der Waals surface area (Å²) >= 11 is 0. The van der Waals surface area contributed by atoms with Gasteiger partial charge in [0, 0.05) is 5.56 Å². The number of carbonyl (C=O) groups is 1. The van der Waals surface area contributed by atoms with Crippen LogP contribution in [0.1, 0.15) is 25.6 Å². The van der Waals surface area contributed by atoms with Crippen molar-refractivity contribution in [2.45, 2.75) is 26.1 Å². The highest BCUT2D eigenvalue weighted by Crippen LogP contribution is 2.23. The van der Waals surface area contributed by atoms with Crippen LogP contribution in [0, 0.1) is 0 Å². The van der Waals surface area contributed by atoms with Crippen molar-refractivity contribution < 1.29 is 18.7 Å². The molecular formula is C12H15FO3. The second-order valence-electron chi connectivity index (χ2n) is 3.62. The van der Waals surface area contributed by atoms with Gasteiger partial charge in [0.15, 0.2) is 0 Å². The maximum absolute atomic E-state index is 13.5. The van der Waals surface area contributed by atoms with E-state index in [0.29, 0.717) is 5.75 Å². The molecule has 0 aliphatic heterocycles. The number of methoxy groups -OCH3 is 1. The Kier molecular flexibility index (Phi) is 4.28. The quantitative estimate of drug-likeness (QED) is 0.740. The number of hydrogen-bond donors (Lipinski definition) is 0. The normalized spacial score (nSPS) is 12.3. The Hall–Kier alpha value is -1.58. The van der Waals surface area contributed by atoms with Gasteiger partial charge in [0.05, 0.1) is 13.2 Å². The maximum Gasteiger partial charge on any atom is 0.345 e. The van der Waals surface area contributed by atoms with Gasteiger partial charge < -0.3 is 9.47 Å². The highest BCUT2D eigenvalue weighted by molar-refractivity contribution is 5.76. The van der Waals surface area contributed by atoms with Crippen LogP contribution in [0.2, 0.25) is 0 Å². The Bertz CT molecular complexity index is 363. The van der Waals surface area contributed by atoms with Crippen LogP contribution in [0.15, 0.2) is 24.3 Å². The molecule has 0 saturated carbocycles. The molecular weight excluding hydrogens is 211 g/mol. The molecule has 1 atom stereocenters. The summed E-state index contributed by atoms with van der Waals surface area (Å²) in [7, 11) is 1.16. The number of rotatable bonds is 4. The molecule has 0 aromatic heterocycles. The van der Waals surface area contributed by atoms with Gasteiger partial charge in [-0.25, -0.2) is 9.18 Å². The van der Waals surface area contributed by atoms with Crippen LogP contribution < -0.4 is 4.74 Å². The Balaban J connectivity index is 2.85. The molecule has 0 aliphatic carbocycles. The van der Waals surface area contributed by atoms with Crippen molar-refractivity contribution in [2.24, 2.45) is 0 Å². The van der Waals surface area contributed by atoms with E-state index >= 15 is 0 Å². The predicted molar refractivity (Wildman–Crippen MR) is 58.1 cm³/mol. The number of carbonyl (C=O) groups excluding carboxylic acids is 1. The van der Waals surface area contributed by atoms with Gasteiger partial charge in [0.2, 0.25) is 6.17 Å². The van der Waals surface area contributed by atoms with Crippen molar-refractivity contribution in [3.63, 3.8) is 0 Å². The van der Waals surface area contributed by atoms with Crippen molar-refractivity contribution in [3.8, 4) is 5.75 Å². The summed E-state index contributed by atoms with van der Waals surface area (Å²) < 4.78 is 23.2. The van der Waals surface area contributed by atoms with E-state index in [1.54, 1.807) is 12.1 Å². The first kappa shape index (κ1) is 12.5. The molecule has 0 radical (unpaired) electrons. The zero-order chi connectivity index (χ0) is 12.1. The average molecular weight is 226 g/mol. The molecule has 1 aromatic carbocycles. The summed E-state index contributed by atoms with van der Waals surface area (Å²) in [6, 6.07) is 6.38. The van der Waals surface area contributed by atoms with E-state index in [-0.39, 0.29) is 11.7 Å². The fourth-order valence-electron chi connectivity index (χ4n) is 1.26. The van der Waals surface area contributed by atoms with Crippen molar-refractivity contribution in [1.82, 2.24) is 0 Å². The Morgan fingerprint density at radius 3 is 2.62 bits per heavy atom. The number of alkyl halides is 1. The van der Waals surface area contributed by atoms with Gasteiger partial charge in [-0.15, -0.1) is 0 Å². The molecule has 0 spiro atoms. The topological polar surface area (TPSA) is 35.5 Å². The SMILES string of the molecule is COC(=O)C(F)c1cccc(OC(C)C)c1. The lowest BCUT2D eigenvalue weighted by Gasteiger charge is -2.12. The van der Waals surface area contributed by atoms with Crippen molar-refractivity contribution in [3.05, 3.63) is 29.8 Å². The molecule has 1 unspecified atom stereocenters. The van der Waals surface area contributed by atoms with Crippen LogP contribution in [0.3, 0.4) is 0 Å². The molecule has 0 saturated heterocycles. The summed E-state index contributed by atoms with van der Waals surface area (Å²) in [4.78, 5) is 11.0. The number of benzene rings is 1. The maximum atomic E-state index is 13.5. The molecule has 3 nitrogen and oxygen atoms in total. The monoisotopic (exact) mass is 226 g/mol. The van der Waals surface area contributed by atoms with Crippen LogP contribution in [-0.4, -0.2) is 19.2 Å². The minimum absolute atomic E-state index is 0.00596. The Labute approximate surface area is 94.2 Å². The number of esters is 1. The van der Waals surface area contributed by atoms with Crippen molar-refractivity contribution in [1.29, 1.82) is 0 Å². The highest BCUT2D eigenvalue weighted by Gasteiger charge is 2.20. The van der Waals surface area contributed by atoms with Crippen LogP contribution in [0.5, 0.6) is 5.75 Å². The van der Waals surface area contributed by atoms with Crippen molar-refractivity contribution >= 4 is 5.97 Å². The number of halogens is 1. The summed E-state index contributed by atoms with van der Waals surface area (Å²) in [6.45, 7) is 3.75. The molecule has 88 valence electrons. The van der Waals surface area contributed by atoms with E-state index in [2.05, 4.69) is 4.74 Å². The van der Waals surface area contributed by atoms with Crippen LogP contribution in [0.4, 0.5) is 4.39 Å². The van der Waals surface area contributed by atoms with Gasteiger partial charge in [-0.2, -0.15) is 0 Å². The minimum atomic E-state index is -1.76. The molecule has 0 N–H and O–H groups in total. The molecule has 0 amide bonds. The van der Waals surface area contributed by atoms with Crippen molar-refractivity contribution in [2.75, 3.05) is 7.11 Å². The zero-order valence-corrected chi connectivity index (χ0v) is 9.57. The third-order valence-electron chi connectivity index (χ3n) is 1.93. The first-order valence-corrected chi connectivity index (χ1v) is 5.03.